The summed E-state index contributed by atoms with van der Waals surface area (Å²) in [6.07, 6.45) is 1.09. The van der Waals surface area contributed by atoms with Crippen LogP contribution in [0, 0.1) is 6.92 Å². The van der Waals surface area contributed by atoms with Gasteiger partial charge in [0, 0.05) is 5.75 Å². The van der Waals surface area contributed by atoms with Crippen LogP contribution >= 0.6 is 34.7 Å². The van der Waals surface area contributed by atoms with E-state index in [9.17, 15) is 13.2 Å². The zero-order valence-electron chi connectivity index (χ0n) is 15.4. The number of anilines is 1. The lowest BCUT2D eigenvalue weighted by molar-refractivity contribution is 0.102. The van der Waals surface area contributed by atoms with E-state index in [2.05, 4.69) is 25.5 Å². The van der Waals surface area contributed by atoms with Gasteiger partial charge in [-0.3, -0.25) is 10.1 Å². The van der Waals surface area contributed by atoms with Gasteiger partial charge in [0.1, 0.15) is 0 Å². The van der Waals surface area contributed by atoms with E-state index in [4.69, 9.17) is 11.6 Å². The highest BCUT2D eigenvalue weighted by atomic mass is 35.5. The molecule has 0 fully saturated rings. The van der Waals surface area contributed by atoms with Crippen molar-refractivity contribution in [1.29, 1.82) is 0 Å². The monoisotopic (exact) mass is 469 g/mol. The molecule has 0 unspecified atom stereocenters. The van der Waals surface area contributed by atoms with Crippen molar-refractivity contribution < 1.29 is 13.2 Å². The maximum atomic E-state index is 12.5. The molecule has 0 atom stereocenters. The fourth-order valence-electron chi connectivity index (χ4n) is 2.18. The summed E-state index contributed by atoms with van der Waals surface area (Å²) in [6.45, 7) is 3.50. The first-order chi connectivity index (χ1) is 13.8. The van der Waals surface area contributed by atoms with E-state index in [0.717, 1.165) is 11.9 Å². The molecule has 0 radical (unpaired) electrons. The third kappa shape index (κ3) is 5.30. The molecule has 29 heavy (non-hydrogen) atoms. The first-order valence-corrected chi connectivity index (χ1v) is 12.2. The summed E-state index contributed by atoms with van der Waals surface area (Å²) in [6, 6.07) is 8.05. The molecule has 0 aliphatic rings. The van der Waals surface area contributed by atoms with Gasteiger partial charge in [-0.2, -0.15) is 0 Å². The van der Waals surface area contributed by atoms with E-state index >= 15 is 0 Å². The smallest absolute Gasteiger partial charge is 0.277 e. The molecule has 152 valence electrons. The van der Waals surface area contributed by atoms with Crippen molar-refractivity contribution >= 4 is 55.6 Å². The maximum Gasteiger partial charge on any atom is 0.277 e. The van der Waals surface area contributed by atoms with Crippen molar-refractivity contribution in [2.24, 2.45) is 0 Å². The summed E-state index contributed by atoms with van der Waals surface area (Å²) >= 11 is 8.68. The molecular formula is C17H16ClN5O3S3. The van der Waals surface area contributed by atoms with Gasteiger partial charge in [0.05, 0.1) is 17.0 Å². The van der Waals surface area contributed by atoms with Gasteiger partial charge in [0.25, 0.3) is 5.91 Å². The molecule has 2 aromatic heterocycles. The van der Waals surface area contributed by atoms with Gasteiger partial charge in [0.15, 0.2) is 10.0 Å². The zero-order chi connectivity index (χ0) is 21.0. The van der Waals surface area contributed by atoms with Crippen LogP contribution < -0.4 is 5.32 Å². The number of amides is 1. The van der Waals surface area contributed by atoms with Crippen LogP contribution in [-0.4, -0.2) is 40.2 Å². The number of rotatable bonds is 7. The molecule has 0 saturated carbocycles. The Morgan fingerprint density at radius 3 is 2.76 bits per heavy atom. The molecule has 0 spiro atoms. The number of benzene rings is 1. The number of nitrogens with zero attached hydrogens (tertiary/aromatic N) is 4. The van der Waals surface area contributed by atoms with Crippen LogP contribution in [0.3, 0.4) is 0 Å². The highest BCUT2D eigenvalue weighted by Gasteiger charge is 2.21. The van der Waals surface area contributed by atoms with Crippen LogP contribution in [0.25, 0.3) is 0 Å². The largest absolute Gasteiger partial charge is 0.295 e. The summed E-state index contributed by atoms with van der Waals surface area (Å²) in [4.78, 5) is 20.0. The Balaban J connectivity index is 1.70. The Bertz CT molecular complexity index is 1150. The first-order valence-electron chi connectivity index (χ1n) is 8.37. The van der Waals surface area contributed by atoms with Gasteiger partial charge < -0.3 is 0 Å². The number of aryl methyl sites for hydroxylation is 1. The Hall–Kier alpha value is -2.08. The normalized spacial score (nSPS) is 11.4. The topological polar surface area (TPSA) is 115 Å². The Kier molecular flexibility index (Phi) is 6.83. The fraction of sp³-hybridized carbons (Fsp3) is 0.235. The number of thioether (sulfide) groups is 1. The minimum atomic E-state index is -3.67. The van der Waals surface area contributed by atoms with E-state index in [0.29, 0.717) is 4.34 Å². The Morgan fingerprint density at radius 1 is 1.28 bits per heavy atom. The lowest BCUT2D eigenvalue weighted by atomic mass is 10.1. The number of sulfone groups is 1. The molecule has 1 aromatic carbocycles. The highest BCUT2D eigenvalue weighted by molar-refractivity contribution is 8.00. The molecule has 12 heteroatoms. The summed E-state index contributed by atoms with van der Waals surface area (Å²) in [5.74, 6) is -0.143. The molecule has 3 rings (SSSR count). The van der Waals surface area contributed by atoms with E-state index in [1.54, 1.807) is 0 Å². The quantitative estimate of drug-likeness (QED) is 0.317. The van der Waals surface area contributed by atoms with Crippen LogP contribution in [-0.2, 0) is 15.6 Å². The van der Waals surface area contributed by atoms with Crippen LogP contribution in [0.15, 0.2) is 40.0 Å². The Morgan fingerprint density at radius 2 is 2.03 bits per heavy atom. The average Bonchev–Trinajstić information content (AvgIpc) is 3.14. The summed E-state index contributed by atoms with van der Waals surface area (Å²) < 4.78 is 24.6. The second kappa shape index (κ2) is 9.16. The molecule has 0 bridgehead atoms. The molecule has 2 heterocycles. The minimum absolute atomic E-state index is 0.0591. The van der Waals surface area contributed by atoms with Crippen LogP contribution in [0.4, 0.5) is 5.13 Å². The number of hydrogen-bond acceptors (Lipinski definition) is 9. The van der Waals surface area contributed by atoms with Crippen molar-refractivity contribution in [1.82, 2.24) is 20.2 Å². The standard InChI is InChI=1S/C17H16ClN5O3S3/c1-3-29(25,26)16-19-8-12(18)13(20-16)14(24)21-15-22-23-17(28-15)27-9-11-7-5-4-6-10(11)2/h4-8H,3,9H2,1-2H3,(H,21,22,24). The molecule has 1 N–H and O–H groups in total. The Labute approximate surface area is 181 Å². The molecule has 3 aromatic rings. The molecule has 0 aliphatic heterocycles. The third-order valence-corrected chi connectivity index (χ3v) is 7.65. The maximum absolute atomic E-state index is 12.5. The van der Waals surface area contributed by atoms with E-state index < -0.39 is 20.9 Å². The fourth-order valence-corrected chi connectivity index (χ4v) is 4.88. The highest BCUT2D eigenvalue weighted by Crippen LogP contribution is 2.29. The summed E-state index contributed by atoms with van der Waals surface area (Å²) in [7, 11) is -3.67. The van der Waals surface area contributed by atoms with Crippen molar-refractivity contribution in [3.8, 4) is 0 Å². The van der Waals surface area contributed by atoms with Gasteiger partial charge in [-0.25, -0.2) is 18.4 Å². The number of nitrogens with one attached hydrogen (secondary N) is 1. The van der Waals surface area contributed by atoms with Crippen LogP contribution in [0.5, 0.6) is 0 Å². The summed E-state index contributed by atoms with van der Waals surface area (Å²) in [5.41, 5.74) is 2.14. The SMILES string of the molecule is CCS(=O)(=O)c1ncc(Cl)c(C(=O)Nc2nnc(SCc3ccccc3C)s2)n1. The van der Waals surface area contributed by atoms with Gasteiger partial charge in [-0.1, -0.05) is 65.9 Å². The first kappa shape index (κ1) is 21.6. The average molecular weight is 470 g/mol. The number of aromatic nitrogens is 4. The predicted molar refractivity (Wildman–Crippen MR) is 113 cm³/mol. The van der Waals surface area contributed by atoms with E-state index in [-0.39, 0.29) is 21.6 Å². The van der Waals surface area contributed by atoms with E-state index in [1.807, 2.05) is 31.2 Å². The van der Waals surface area contributed by atoms with Crippen molar-refractivity contribution in [2.45, 2.75) is 29.1 Å². The molecule has 8 nitrogen and oxygen atoms in total. The number of hydrogen-bond donors (Lipinski definition) is 1. The second-order valence-corrected chi connectivity index (χ2v) is 10.6. The third-order valence-electron chi connectivity index (χ3n) is 3.83. The second-order valence-electron chi connectivity index (χ2n) is 5.79. The van der Waals surface area contributed by atoms with Crippen LogP contribution in [0.1, 0.15) is 28.5 Å². The summed E-state index contributed by atoms with van der Waals surface area (Å²) in [5, 5.41) is 10.3. The molecular weight excluding hydrogens is 454 g/mol. The van der Waals surface area contributed by atoms with Crippen molar-refractivity contribution in [3.05, 3.63) is 52.3 Å². The number of carbonyl (C=O) groups is 1. The van der Waals surface area contributed by atoms with Gasteiger partial charge in [-0.05, 0) is 18.1 Å². The zero-order valence-corrected chi connectivity index (χ0v) is 18.6. The minimum Gasteiger partial charge on any atom is -0.295 e. The lowest BCUT2D eigenvalue weighted by Gasteiger charge is -2.05. The van der Waals surface area contributed by atoms with Crippen molar-refractivity contribution in [3.63, 3.8) is 0 Å². The number of carbonyl (C=O) groups excluding carboxylic acids is 1. The molecule has 0 aliphatic carbocycles. The van der Waals surface area contributed by atoms with Gasteiger partial charge in [-0.15, -0.1) is 10.2 Å². The van der Waals surface area contributed by atoms with Crippen molar-refractivity contribution in [2.75, 3.05) is 11.1 Å². The van der Waals surface area contributed by atoms with Gasteiger partial charge >= 0.3 is 0 Å². The van der Waals surface area contributed by atoms with E-state index in [1.165, 1.54) is 41.1 Å². The van der Waals surface area contributed by atoms with Gasteiger partial charge in [0.2, 0.25) is 20.1 Å². The van der Waals surface area contributed by atoms with Crippen LogP contribution in [0.2, 0.25) is 5.02 Å². The molecule has 1 amide bonds. The molecule has 0 saturated heterocycles. The number of halogens is 1. The predicted octanol–water partition coefficient (Wildman–Crippen LogP) is 3.63. The lowest BCUT2D eigenvalue weighted by Crippen LogP contribution is -2.18.